The number of aliphatic hydroxyl groups is 1. The highest BCUT2D eigenvalue weighted by molar-refractivity contribution is 5.93. The first kappa shape index (κ1) is 14.3. The van der Waals surface area contributed by atoms with Gasteiger partial charge in [0.15, 0.2) is 5.78 Å². The molecule has 0 unspecified atom stereocenters. The molecule has 13 heavy (non-hydrogen) atoms. The molecule has 0 saturated carbocycles. The van der Waals surface area contributed by atoms with Crippen LogP contribution in [0.25, 0.3) is 0 Å². The molecule has 2 N–H and O–H groups in total. The number of nitrogens with one attached hydrogen (secondary N) is 1. The maximum Gasteiger partial charge on any atom is 0.246 e. The summed E-state index contributed by atoms with van der Waals surface area (Å²) in [5.74, 6) is -0.836. The lowest BCUT2D eigenvalue weighted by Gasteiger charge is -1.96. The molecule has 0 heterocycles. The largest absolute Gasteiger partial charge is 0.388 e. The van der Waals surface area contributed by atoms with Crippen molar-refractivity contribution in [1.29, 1.82) is 0 Å². The lowest BCUT2D eigenvalue weighted by Crippen LogP contribution is -2.30. The summed E-state index contributed by atoms with van der Waals surface area (Å²) < 4.78 is 4.25. The van der Waals surface area contributed by atoms with E-state index < -0.39 is 12.5 Å². The molecule has 0 radical (unpaired) electrons. The summed E-state index contributed by atoms with van der Waals surface area (Å²) >= 11 is 0. The Bertz CT molecular complexity index is 168. The topological polar surface area (TPSA) is 75.6 Å². The minimum Gasteiger partial charge on any atom is -0.388 e. The van der Waals surface area contributed by atoms with E-state index in [1.807, 2.05) is 0 Å². The van der Waals surface area contributed by atoms with Crippen LogP contribution in [0.1, 0.15) is 0 Å². The Morgan fingerprint density at radius 1 is 1.54 bits per heavy atom. The van der Waals surface area contributed by atoms with Crippen LogP contribution in [0.15, 0.2) is 12.7 Å². The third-order valence-corrected chi connectivity index (χ3v) is 0.831. The zero-order valence-electron chi connectivity index (χ0n) is 7.87. The van der Waals surface area contributed by atoms with E-state index in [0.29, 0.717) is 0 Å². The second kappa shape index (κ2) is 10.8. The molecule has 0 bridgehead atoms. The minimum absolute atomic E-state index is 0.0944. The molecule has 0 aromatic heterocycles. The Hall–Kier alpha value is -1.20. The molecule has 5 nitrogen and oxygen atoms in total. The number of carbonyl (C=O) groups is 2. The lowest BCUT2D eigenvalue weighted by atomic mass is 10.4. The van der Waals surface area contributed by atoms with Crippen molar-refractivity contribution < 1.29 is 19.4 Å². The van der Waals surface area contributed by atoms with E-state index in [4.69, 9.17) is 5.11 Å². The van der Waals surface area contributed by atoms with Gasteiger partial charge in [0.1, 0.15) is 6.61 Å². The van der Waals surface area contributed by atoms with Gasteiger partial charge in [-0.3, -0.25) is 9.59 Å². The Morgan fingerprint density at radius 2 is 2.00 bits per heavy atom. The quantitative estimate of drug-likeness (QED) is 0.563. The van der Waals surface area contributed by atoms with Crippen LogP contribution in [-0.2, 0) is 14.3 Å². The fraction of sp³-hybridized carbons (Fsp3) is 0.500. The van der Waals surface area contributed by atoms with E-state index in [9.17, 15) is 9.59 Å². The lowest BCUT2D eigenvalue weighted by molar-refractivity contribution is -0.125. The number of ketones is 1. The van der Waals surface area contributed by atoms with Crippen LogP contribution < -0.4 is 5.32 Å². The summed E-state index contributed by atoms with van der Waals surface area (Å²) in [6, 6.07) is 0. The van der Waals surface area contributed by atoms with E-state index >= 15 is 0 Å². The number of hydrogen-bond donors (Lipinski definition) is 2. The SMILES string of the molecule is C=CC(=O)CNC(=O)CO.COC. The van der Waals surface area contributed by atoms with E-state index in [0.717, 1.165) is 6.08 Å². The van der Waals surface area contributed by atoms with Crippen molar-refractivity contribution in [3.05, 3.63) is 12.7 Å². The highest BCUT2D eigenvalue weighted by Crippen LogP contribution is 1.69. The van der Waals surface area contributed by atoms with Crippen molar-refractivity contribution in [3.8, 4) is 0 Å². The highest BCUT2D eigenvalue weighted by atomic mass is 16.4. The van der Waals surface area contributed by atoms with Gasteiger partial charge < -0.3 is 15.2 Å². The summed E-state index contributed by atoms with van der Waals surface area (Å²) in [6.45, 7) is 2.51. The van der Waals surface area contributed by atoms with E-state index in [1.165, 1.54) is 0 Å². The fourth-order valence-corrected chi connectivity index (χ4v) is 0.314. The van der Waals surface area contributed by atoms with Crippen LogP contribution >= 0.6 is 0 Å². The first-order valence-electron chi connectivity index (χ1n) is 3.55. The standard InChI is InChI=1S/C6H9NO3.C2H6O/c1-2-5(9)3-7-6(10)4-8;1-3-2/h2,8H,1,3-4H2,(H,7,10);1-2H3. The maximum absolute atomic E-state index is 10.4. The van der Waals surface area contributed by atoms with Gasteiger partial charge in [0.2, 0.25) is 5.91 Å². The molecule has 5 heteroatoms. The highest BCUT2D eigenvalue weighted by Gasteiger charge is 1.98. The van der Waals surface area contributed by atoms with Gasteiger partial charge >= 0.3 is 0 Å². The van der Waals surface area contributed by atoms with Crippen LogP contribution in [0, 0.1) is 0 Å². The average Bonchev–Trinajstić information content (AvgIpc) is 2.14. The van der Waals surface area contributed by atoms with Gasteiger partial charge in [0, 0.05) is 14.2 Å². The molecule has 0 atom stereocenters. The minimum atomic E-state index is -0.593. The van der Waals surface area contributed by atoms with Gasteiger partial charge in [-0.2, -0.15) is 0 Å². The monoisotopic (exact) mass is 189 g/mol. The predicted molar refractivity (Wildman–Crippen MR) is 48.2 cm³/mol. The molecular formula is C8H15NO4. The van der Waals surface area contributed by atoms with Gasteiger partial charge in [-0.05, 0) is 6.08 Å². The van der Waals surface area contributed by atoms with Crippen LogP contribution in [0.3, 0.4) is 0 Å². The van der Waals surface area contributed by atoms with Crippen molar-refractivity contribution in [2.24, 2.45) is 0 Å². The molecule has 0 aliphatic rings. The summed E-state index contributed by atoms with van der Waals surface area (Å²) in [4.78, 5) is 20.7. The van der Waals surface area contributed by atoms with Crippen molar-refractivity contribution in [2.45, 2.75) is 0 Å². The molecule has 0 fully saturated rings. The normalized spacial score (nSPS) is 7.92. The van der Waals surface area contributed by atoms with Crippen molar-refractivity contribution >= 4 is 11.7 Å². The Morgan fingerprint density at radius 3 is 2.31 bits per heavy atom. The van der Waals surface area contributed by atoms with Crippen LogP contribution in [0.5, 0.6) is 0 Å². The Kier molecular flexibility index (Phi) is 11.9. The number of rotatable bonds is 4. The molecule has 0 spiro atoms. The number of hydrogen-bond acceptors (Lipinski definition) is 4. The van der Waals surface area contributed by atoms with Crippen LogP contribution in [0.2, 0.25) is 0 Å². The molecule has 0 aliphatic carbocycles. The van der Waals surface area contributed by atoms with Gasteiger partial charge in [-0.15, -0.1) is 0 Å². The zero-order valence-corrected chi connectivity index (χ0v) is 7.87. The van der Waals surface area contributed by atoms with E-state index in [-0.39, 0.29) is 12.3 Å². The maximum atomic E-state index is 10.4. The second-order valence-electron chi connectivity index (χ2n) is 2.01. The second-order valence-corrected chi connectivity index (χ2v) is 2.01. The average molecular weight is 189 g/mol. The first-order valence-corrected chi connectivity index (χ1v) is 3.55. The molecule has 0 aromatic rings. The van der Waals surface area contributed by atoms with Crippen molar-refractivity contribution in [1.82, 2.24) is 5.32 Å². The van der Waals surface area contributed by atoms with Gasteiger partial charge in [0.25, 0.3) is 0 Å². The van der Waals surface area contributed by atoms with Crippen molar-refractivity contribution in [2.75, 3.05) is 27.4 Å². The molecule has 76 valence electrons. The third kappa shape index (κ3) is 13.7. The molecule has 0 aromatic carbocycles. The summed E-state index contributed by atoms with van der Waals surface area (Å²) in [6.07, 6.45) is 1.11. The summed E-state index contributed by atoms with van der Waals surface area (Å²) in [5.41, 5.74) is 0. The molecule has 1 amide bonds. The molecule has 0 aliphatic heterocycles. The number of methoxy groups -OCH3 is 1. The van der Waals surface area contributed by atoms with Crippen LogP contribution in [0.4, 0.5) is 0 Å². The smallest absolute Gasteiger partial charge is 0.246 e. The zero-order chi connectivity index (χ0) is 10.7. The molecular weight excluding hydrogens is 174 g/mol. The number of aliphatic hydroxyl groups excluding tert-OH is 1. The van der Waals surface area contributed by atoms with E-state index in [1.54, 1.807) is 14.2 Å². The Labute approximate surface area is 77.4 Å². The molecule has 0 rings (SSSR count). The Balaban J connectivity index is 0. The van der Waals surface area contributed by atoms with Gasteiger partial charge in [-0.1, -0.05) is 6.58 Å². The van der Waals surface area contributed by atoms with Crippen molar-refractivity contribution in [3.63, 3.8) is 0 Å². The number of amides is 1. The summed E-state index contributed by atoms with van der Waals surface area (Å²) in [7, 11) is 3.25. The predicted octanol–water partition coefficient (Wildman–Crippen LogP) is -0.887. The third-order valence-electron chi connectivity index (χ3n) is 0.831. The molecule has 0 saturated heterocycles. The number of ether oxygens (including phenoxy) is 1. The fourth-order valence-electron chi connectivity index (χ4n) is 0.314. The van der Waals surface area contributed by atoms with E-state index in [2.05, 4.69) is 16.6 Å². The van der Waals surface area contributed by atoms with Gasteiger partial charge in [-0.25, -0.2) is 0 Å². The first-order chi connectivity index (χ1) is 6.12. The van der Waals surface area contributed by atoms with Gasteiger partial charge in [0.05, 0.1) is 6.54 Å². The number of carbonyl (C=O) groups excluding carboxylic acids is 2. The van der Waals surface area contributed by atoms with Crippen LogP contribution in [-0.4, -0.2) is 44.2 Å². The summed E-state index contributed by atoms with van der Waals surface area (Å²) in [5, 5.41) is 10.3.